The molecule has 0 bridgehead atoms. The lowest BCUT2D eigenvalue weighted by atomic mass is 9.83. The summed E-state index contributed by atoms with van der Waals surface area (Å²) in [6.45, 7) is 3.79. The van der Waals surface area contributed by atoms with E-state index in [9.17, 15) is 4.79 Å². The third-order valence-corrected chi connectivity index (χ3v) is 6.30. The summed E-state index contributed by atoms with van der Waals surface area (Å²) in [4.78, 5) is 22.5. The van der Waals surface area contributed by atoms with Gasteiger partial charge in [-0.25, -0.2) is 0 Å². The van der Waals surface area contributed by atoms with Crippen LogP contribution >= 0.6 is 0 Å². The van der Waals surface area contributed by atoms with Crippen LogP contribution < -0.4 is 0 Å². The molecule has 160 valence electrons. The fraction of sp³-hybridized carbons (Fsp3) is 0.375. The van der Waals surface area contributed by atoms with Gasteiger partial charge in [0.05, 0.1) is 12.8 Å². The van der Waals surface area contributed by atoms with Crippen LogP contribution in [0.1, 0.15) is 22.6 Å². The highest BCUT2D eigenvalue weighted by molar-refractivity contribution is 5.88. The standard InChI is InChI=1S/C24H27N5O2/c1-27-14-20(12-26-27)15-28-17-22(21-8-5-9-25-13-21)24(18-28)23(30)29(10-11-31-24)16-19-6-3-2-4-7-19/h2-9,12-14,22H,10-11,15-18H2,1H3. The average Bonchev–Trinajstić information content (AvgIpc) is 3.37. The highest BCUT2D eigenvalue weighted by atomic mass is 16.5. The average molecular weight is 418 g/mol. The Balaban J connectivity index is 1.44. The maximum absolute atomic E-state index is 13.9. The van der Waals surface area contributed by atoms with E-state index >= 15 is 0 Å². The van der Waals surface area contributed by atoms with Crippen molar-refractivity contribution in [2.75, 3.05) is 26.2 Å². The van der Waals surface area contributed by atoms with E-state index < -0.39 is 5.60 Å². The van der Waals surface area contributed by atoms with Crippen LogP contribution in [-0.2, 0) is 29.7 Å². The molecule has 3 aromatic rings. The first-order valence-corrected chi connectivity index (χ1v) is 10.7. The Bertz CT molecular complexity index is 1040. The van der Waals surface area contributed by atoms with Gasteiger partial charge in [-0.05, 0) is 17.2 Å². The van der Waals surface area contributed by atoms with Crippen LogP contribution in [0.15, 0.2) is 67.3 Å². The number of pyridine rings is 1. The molecule has 2 fully saturated rings. The molecule has 2 atom stereocenters. The maximum Gasteiger partial charge on any atom is 0.257 e. The van der Waals surface area contributed by atoms with Crippen molar-refractivity contribution in [3.63, 3.8) is 0 Å². The fourth-order valence-electron chi connectivity index (χ4n) is 4.89. The van der Waals surface area contributed by atoms with Crippen molar-refractivity contribution in [1.82, 2.24) is 24.6 Å². The van der Waals surface area contributed by atoms with Crippen molar-refractivity contribution in [2.24, 2.45) is 7.05 Å². The molecule has 1 amide bonds. The molecule has 5 rings (SSSR count). The van der Waals surface area contributed by atoms with E-state index in [1.165, 1.54) is 0 Å². The van der Waals surface area contributed by atoms with Crippen LogP contribution in [0.2, 0.25) is 0 Å². The summed E-state index contributed by atoms with van der Waals surface area (Å²) in [7, 11) is 1.92. The first-order valence-electron chi connectivity index (χ1n) is 10.7. The van der Waals surface area contributed by atoms with Gasteiger partial charge in [0.15, 0.2) is 5.60 Å². The van der Waals surface area contributed by atoms with E-state index in [2.05, 4.69) is 33.2 Å². The molecule has 2 aliphatic rings. The van der Waals surface area contributed by atoms with Gasteiger partial charge in [-0.3, -0.25) is 19.4 Å². The van der Waals surface area contributed by atoms with Crippen molar-refractivity contribution in [1.29, 1.82) is 0 Å². The molecular formula is C24H27N5O2. The van der Waals surface area contributed by atoms with Gasteiger partial charge in [0.2, 0.25) is 0 Å². The molecular weight excluding hydrogens is 390 g/mol. The number of carbonyl (C=O) groups excluding carboxylic acids is 1. The van der Waals surface area contributed by atoms with E-state index in [0.717, 1.165) is 29.8 Å². The molecule has 1 spiro atoms. The molecule has 0 N–H and O–H groups in total. The third kappa shape index (κ3) is 3.86. The van der Waals surface area contributed by atoms with Crippen molar-refractivity contribution in [2.45, 2.75) is 24.6 Å². The van der Waals surface area contributed by atoms with E-state index in [1.807, 2.05) is 59.5 Å². The second-order valence-corrected chi connectivity index (χ2v) is 8.48. The summed E-state index contributed by atoms with van der Waals surface area (Å²) < 4.78 is 8.17. The molecule has 1 aromatic carbocycles. The van der Waals surface area contributed by atoms with Crippen molar-refractivity contribution < 1.29 is 9.53 Å². The number of aryl methyl sites for hydroxylation is 1. The third-order valence-electron chi connectivity index (χ3n) is 6.30. The number of carbonyl (C=O) groups is 1. The predicted octanol–water partition coefficient (Wildman–Crippen LogP) is 2.21. The Morgan fingerprint density at radius 2 is 1.97 bits per heavy atom. The highest BCUT2D eigenvalue weighted by Crippen LogP contribution is 2.42. The minimum atomic E-state index is -0.891. The zero-order chi connectivity index (χ0) is 21.3. The minimum Gasteiger partial charge on any atom is -0.361 e. The van der Waals surface area contributed by atoms with Gasteiger partial charge in [-0.2, -0.15) is 5.10 Å². The van der Waals surface area contributed by atoms with Gasteiger partial charge in [0.1, 0.15) is 0 Å². The van der Waals surface area contributed by atoms with Crippen LogP contribution in [-0.4, -0.2) is 62.3 Å². The fourth-order valence-corrected chi connectivity index (χ4v) is 4.89. The first-order chi connectivity index (χ1) is 15.1. The number of amides is 1. The smallest absolute Gasteiger partial charge is 0.257 e. The molecule has 31 heavy (non-hydrogen) atoms. The van der Waals surface area contributed by atoms with Gasteiger partial charge in [0.25, 0.3) is 5.91 Å². The SMILES string of the molecule is Cn1cc(CN2CC(c3cccnc3)C3(C2)OCCN(Cc2ccccc2)C3=O)cn1. The van der Waals surface area contributed by atoms with Crippen LogP contribution in [0.5, 0.6) is 0 Å². The second-order valence-electron chi connectivity index (χ2n) is 8.48. The molecule has 2 aromatic heterocycles. The van der Waals surface area contributed by atoms with Gasteiger partial charge in [-0.1, -0.05) is 36.4 Å². The Labute approximate surface area is 182 Å². The van der Waals surface area contributed by atoms with Gasteiger partial charge >= 0.3 is 0 Å². The van der Waals surface area contributed by atoms with Crippen LogP contribution in [0.3, 0.4) is 0 Å². The molecule has 0 radical (unpaired) electrons. The quantitative estimate of drug-likeness (QED) is 0.637. The number of morpholine rings is 1. The minimum absolute atomic E-state index is 0.0658. The molecule has 7 nitrogen and oxygen atoms in total. The zero-order valence-corrected chi connectivity index (χ0v) is 17.7. The first kappa shape index (κ1) is 19.9. The molecule has 0 saturated carbocycles. The number of nitrogens with zero attached hydrogens (tertiary/aromatic N) is 5. The second kappa shape index (κ2) is 8.24. The normalized spacial score (nSPS) is 24.2. The predicted molar refractivity (Wildman–Crippen MR) is 116 cm³/mol. The molecule has 4 heterocycles. The van der Waals surface area contributed by atoms with Crippen LogP contribution in [0.4, 0.5) is 0 Å². The van der Waals surface area contributed by atoms with E-state index in [0.29, 0.717) is 26.2 Å². The Kier molecular flexibility index (Phi) is 5.29. The molecule has 7 heteroatoms. The summed E-state index contributed by atoms with van der Waals surface area (Å²) in [6, 6.07) is 14.1. The van der Waals surface area contributed by atoms with Crippen molar-refractivity contribution in [3.05, 3.63) is 83.9 Å². The lowest BCUT2D eigenvalue weighted by Gasteiger charge is -2.42. The number of aromatic nitrogens is 3. The zero-order valence-electron chi connectivity index (χ0n) is 17.7. The number of likely N-dealkylation sites (tertiary alicyclic amines) is 1. The molecule has 2 unspecified atom stereocenters. The van der Waals surface area contributed by atoms with Crippen molar-refractivity contribution >= 4 is 5.91 Å². The lowest BCUT2D eigenvalue weighted by Crippen LogP contribution is -2.59. The van der Waals surface area contributed by atoms with E-state index in [4.69, 9.17) is 4.74 Å². The van der Waals surface area contributed by atoms with Crippen LogP contribution in [0, 0.1) is 0 Å². The topological polar surface area (TPSA) is 63.5 Å². The summed E-state index contributed by atoms with van der Waals surface area (Å²) >= 11 is 0. The summed E-state index contributed by atoms with van der Waals surface area (Å²) in [6.07, 6.45) is 7.54. The van der Waals surface area contributed by atoms with Gasteiger partial charge in [0, 0.05) is 69.8 Å². The number of benzene rings is 1. The van der Waals surface area contributed by atoms with Gasteiger partial charge < -0.3 is 9.64 Å². The van der Waals surface area contributed by atoms with E-state index in [-0.39, 0.29) is 11.8 Å². The Morgan fingerprint density at radius 3 is 2.71 bits per heavy atom. The number of rotatable bonds is 5. The molecule has 2 saturated heterocycles. The number of ether oxygens (including phenoxy) is 1. The Morgan fingerprint density at radius 1 is 1.10 bits per heavy atom. The summed E-state index contributed by atoms with van der Waals surface area (Å²) in [5.74, 6) is 0.00841. The van der Waals surface area contributed by atoms with E-state index in [1.54, 1.807) is 6.20 Å². The summed E-state index contributed by atoms with van der Waals surface area (Å²) in [5.41, 5.74) is 2.43. The molecule has 0 aliphatic carbocycles. The largest absolute Gasteiger partial charge is 0.361 e. The number of hydrogen-bond donors (Lipinski definition) is 0. The van der Waals surface area contributed by atoms with Crippen LogP contribution in [0.25, 0.3) is 0 Å². The van der Waals surface area contributed by atoms with Crippen molar-refractivity contribution in [3.8, 4) is 0 Å². The molecule has 2 aliphatic heterocycles. The van der Waals surface area contributed by atoms with Gasteiger partial charge in [-0.15, -0.1) is 0 Å². The monoisotopic (exact) mass is 417 g/mol. The Hall–Kier alpha value is -3.03. The number of hydrogen-bond acceptors (Lipinski definition) is 5. The maximum atomic E-state index is 13.9. The highest BCUT2D eigenvalue weighted by Gasteiger charge is 2.57. The lowest BCUT2D eigenvalue weighted by molar-refractivity contribution is -0.173. The summed E-state index contributed by atoms with van der Waals surface area (Å²) in [5, 5.41) is 4.29.